The second-order valence-corrected chi connectivity index (χ2v) is 7.09. The lowest BCUT2D eigenvalue weighted by Crippen LogP contribution is -2.50. The summed E-state index contributed by atoms with van der Waals surface area (Å²) in [5.41, 5.74) is 2.88. The molecule has 2 aromatic heterocycles. The van der Waals surface area contributed by atoms with Gasteiger partial charge in [0.1, 0.15) is 11.9 Å². The number of morpholine rings is 1. The van der Waals surface area contributed by atoms with Gasteiger partial charge in [0.15, 0.2) is 0 Å². The average molecular weight is 349 g/mol. The molecule has 0 unspecified atom stereocenters. The summed E-state index contributed by atoms with van der Waals surface area (Å²) in [7, 11) is 0. The number of thiophene rings is 1. The van der Waals surface area contributed by atoms with Crippen molar-refractivity contribution in [3.63, 3.8) is 0 Å². The third-order valence-electron chi connectivity index (χ3n) is 4.32. The zero-order chi connectivity index (χ0) is 17.3. The smallest absolute Gasteiger partial charge is 0.318 e. The lowest BCUT2D eigenvalue weighted by atomic mass is 10.1. The van der Waals surface area contributed by atoms with Gasteiger partial charge in [0, 0.05) is 12.1 Å². The fraction of sp³-hybridized carbons (Fsp3) is 0.529. The zero-order valence-corrected chi connectivity index (χ0v) is 15.2. The molecule has 2 aromatic rings. The number of hydrogen-bond donors (Lipinski definition) is 1. The fourth-order valence-electron chi connectivity index (χ4n) is 3.22. The predicted octanol–water partition coefficient (Wildman–Crippen LogP) is 3.59. The van der Waals surface area contributed by atoms with Gasteiger partial charge in [-0.1, -0.05) is 5.16 Å². The second kappa shape index (κ2) is 6.94. The van der Waals surface area contributed by atoms with E-state index in [9.17, 15) is 4.79 Å². The Kier molecular flexibility index (Phi) is 4.91. The Morgan fingerprint density at radius 2 is 2.25 bits per heavy atom. The first-order valence-electron chi connectivity index (χ1n) is 8.11. The Hall–Kier alpha value is -1.86. The molecule has 0 saturated carbocycles. The summed E-state index contributed by atoms with van der Waals surface area (Å²) in [6.45, 7) is 8.84. The van der Waals surface area contributed by atoms with Crippen LogP contribution < -0.4 is 5.32 Å². The highest BCUT2D eigenvalue weighted by atomic mass is 32.1. The monoisotopic (exact) mass is 349 g/mol. The van der Waals surface area contributed by atoms with E-state index in [1.165, 1.54) is 0 Å². The van der Waals surface area contributed by atoms with E-state index < -0.39 is 0 Å². The lowest BCUT2D eigenvalue weighted by Gasteiger charge is -2.37. The molecule has 130 valence electrons. The maximum absolute atomic E-state index is 12.7. The van der Waals surface area contributed by atoms with E-state index in [1.54, 1.807) is 11.3 Å². The summed E-state index contributed by atoms with van der Waals surface area (Å²) in [4.78, 5) is 14.5. The van der Waals surface area contributed by atoms with Crippen LogP contribution in [0.15, 0.2) is 21.3 Å². The molecule has 3 heterocycles. The first-order chi connectivity index (χ1) is 11.5. The highest BCUT2D eigenvalue weighted by Crippen LogP contribution is 2.27. The summed E-state index contributed by atoms with van der Waals surface area (Å²) < 4.78 is 11.2. The molecule has 24 heavy (non-hydrogen) atoms. The first kappa shape index (κ1) is 17.0. The molecule has 7 heteroatoms. The Balaban J connectivity index is 1.68. The number of hydrogen-bond acceptors (Lipinski definition) is 5. The number of nitrogens with zero attached hydrogens (tertiary/aromatic N) is 2. The van der Waals surface area contributed by atoms with Crippen LogP contribution in [0.3, 0.4) is 0 Å². The zero-order valence-electron chi connectivity index (χ0n) is 14.4. The molecule has 1 aliphatic heterocycles. The summed E-state index contributed by atoms with van der Waals surface area (Å²) in [6, 6.07) is 1.81. The maximum atomic E-state index is 12.7. The minimum atomic E-state index is -0.151. The molecule has 0 aliphatic carbocycles. The number of carbonyl (C=O) groups is 1. The van der Waals surface area contributed by atoms with E-state index in [4.69, 9.17) is 9.26 Å². The van der Waals surface area contributed by atoms with Crippen molar-refractivity contribution >= 4 is 17.4 Å². The van der Waals surface area contributed by atoms with E-state index >= 15 is 0 Å². The van der Waals surface area contributed by atoms with Crippen LogP contribution in [-0.2, 0) is 4.74 Å². The topological polar surface area (TPSA) is 67.6 Å². The molecule has 3 rings (SSSR count). The highest BCUT2D eigenvalue weighted by molar-refractivity contribution is 7.07. The molecule has 1 aliphatic rings. The quantitative estimate of drug-likeness (QED) is 0.919. The third-order valence-corrected chi connectivity index (χ3v) is 5.03. The molecule has 1 saturated heterocycles. The molecular formula is C17H23N3O3S. The Bertz CT molecular complexity index is 679. The van der Waals surface area contributed by atoms with Gasteiger partial charge in [-0.15, -0.1) is 0 Å². The van der Waals surface area contributed by atoms with E-state index in [-0.39, 0.29) is 24.3 Å². The van der Waals surface area contributed by atoms with Crippen molar-refractivity contribution in [2.45, 2.75) is 45.9 Å². The average Bonchev–Trinajstić information content (AvgIpc) is 3.16. The lowest BCUT2D eigenvalue weighted by molar-refractivity contribution is -0.0657. The van der Waals surface area contributed by atoms with Gasteiger partial charge in [0.25, 0.3) is 0 Å². The standard InChI is InChI=1S/C17H23N3O3S/c1-10-7-20(8-15(22-10)14-5-6-24-9-14)17(21)18-11(2)16-12(3)19-23-13(16)4/h5-6,9-11,15H,7-8H2,1-4H3,(H,18,21)/t10-,11-,15-/m0/s1. The number of carbonyl (C=O) groups excluding carboxylic acids is 1. The van der Waals surface area contributed by atoms with Crippen molar-refractivity contribution in [2.75, 3.05) is 13.1 Å². The molecule has 0 radical (unpaired) electrons. The van der Waals surface area contributed by atoms with Crippen LogP contribution in [0.1, 0.15) is 48.6 Å². The van der Waals surface area contributed by atoms with Crippen LogP contribution in [0.5, 0.6) is 0 Å². The molecule has 3 atom stereocenters. The van der Waals surface area contributed by atoms with Crippen LogP contribution in [0.25, 0.3) is 0 Å². The highest BCUT2D eigenvalue weighted by Gasteiger charge is 2.30. The fourth-order valence-corrected chi connectivity index (χ4v) is 3.92. The van der Waals surface area contributed by atoms with Crippen LogP contribution in [0.4, 0.5) is 4.79 Å². The maximum Gasteiger partial charge on any atom is 0.318 e. The van der Waals surface area contributed by atoms with Crippen LogP contribution in [0, 0.1) is 13.8 Å². The molecule has 1 N–H and O–H groups in total. The summed E-state index contributed by atoms with van der Waals surface area (Å²) >= 11 is 1.64. The minimum absolute atomic E-state index is 0.00349. The first-order valence-corrected chi connectivity index (χ1v) is 9.05. The van der Waals surface area contributed by atoms with E-state index in [0.29, 0.717) is 13.1 Å². The number of ether oxygens (including phenoxy) is 1. The third kappa shape index (κ3) is 3.47. The molecule has 0 bridgehead atoms. The number of aryl methyl sites for hydroxylation is 2. The SMILES string of the molecule is Cc1noc(C)c1[C@H](C)NC(=O)N1C[C@@H](c2ccsc2)O[C@@H](C)C1. The van der Waals surface area contributed by atoms with Crippen LogP contribution in [0.2, 0.25) is 0 Å². The van der Waals surface area contributed by atoms with Gasteiger partial charge in [-0.2, -0.15) is 11.3 Å². The van der Waals surface area contributed by atoms with Crippen molar-refractivity contribution in [3.8, 4) is 0 Å². The number of nitrogens with one attached hydrogen (secondary N) is 1. The van der Waals surface area contributed by atoms with Gasteiger partial charge >= 0.3 is 6.03 Å². The number of rotatable bonds is 3. The van der Waals surface area contributed by atoms with Crippen LogP contribution >= 0.6 is 11.3 Å². The van der Waals surface area contributed by atoms with Gasteiger partial charge in [-0.05, 0) is 50.1 Å². The van der Waals surface area contributed by atoms with E-state index in [2.05, 4.69) is 21.9 Å². The molecule has 6 nitrogen and oxygen atoms in total. The summed E-state index contributed by atoms with van der Waals surface area (Å²) in [6.07, 6.45) is -0.0658. The van der Waals surface area contributed by atoms with Gasteiger partial charge < -0.3 is 19.5 Å². The minimum Gasteiger partial charge on any atom is -0.367 e. The van der Waals surface area contributed by atoms with Crippen molar-refractivity contribution in [3.05, 3.63) is 39.4 Å². The van der Waals surface area contributed by atoms with Gasteiger partial charge in [-0.25, -0.2) is 4.79 Å². The van der Waals surface area contributed by atoms with E-state index in [1.807, 2.05) is 38.0 Å². The molecule has 0 aromatic carbocycles. The number of aromatic nitrogens is 1. The molecule has 0 spiro atoms. The van der Waals surface area contributed by atoms with Crippen molar-refractivity contribution in [1.82, 2.24) is 15.4 Å². The van der Waals surface area contributed by atoms with Crippen LogP contribution in [-0.4, -0.2) is 35.3 Å². The molecule has 1 fully saturated rings. The Labute approximate surface area is 145 Å². The van der Waals surface area contributed by atoms with Crippen molar-refractivity contribution < 1.29 is 14.1 Å². The molecule has 2 amide bonds. The van der Waals surface area contributed by atoms with Gasteiger partial charge in [0.2, 0.25) is 0 Å². The number of amides is 2. The largest absolute Gasteiger partial charge is 0.367 e. The van der Waals surface area contributed by atoms with Crippen molar-refractivity contribution in [2.24, 2.45) is 0 Å². The number of urea groups is 1. The van der Waals surface area contributed by atoms with Crippen molar-refractivity contribution in [1.29, 1.82) is 0 Å². The normalized spacial score (nSPS) is 22.4. The molecular weight excluding hydrogens is 326 g/mol. The Morgan fingerprint density at radius 3 is 2.88 bits per heavy atom. The predicted molar refractivity (Wildman–Crippen MR) is 92.1 cm³/mol. The Morgan fingerprint density at radius 1 is 1.46 bits per heavy atom. The van der Waals surface area contributed by atoms with Gasteiger partial charge in [-0.3, -0.25) is 0 Å². The van der Waals surface area contributed by atoms with Gasteiger partial charge in [0.05, 0.1) is 24.4 Å². The second-order valence-electron chi connectivity index (χ2n) is 6.31. The summed E-state index contributed by atoms with van der Waals surface area (Å²) in [5, 5.41) is 11.1. The van der Waals surface area contributed by atoms with E-state index in [0.717, 1.165) is 22.6 Å². The summed E-state index contributed by atoms with van der Waals surface area (Å²) in [5.74, 6) is 0.742.